The second kappa shape index (κ2) is 7.79. The van der Waals surface area contributed by atoms with Crippen molar-refractivity contribution in [2.45, 2.75) is 12.8 Å². The van der Waals surface area contributed by atoms with Crippen LogP contribution in [0.2, 0.25) is 5.02 Å². The zero-order valence-electron chi connectivity index (χ0n) is 13.6. The number of nitrogens with one attached hydrogen (secondary N) is 1. The number of hydrogen-bond donors (Lipinski definition) is 1. The first kappa shape index (κ1) is 18.3. The van der Waals surface area contributed by atoms with Crippen molar-refractivity contribution >= 4 is 45.6 Å². The Balaban J connectivity index is 1.76. The van der Waals surface area contributed by atoms with Crippen LogP contribution in [-0.2, 0) is 4.79 Å². The molecule has 26 heavy (non-hydrogen) atoms. The summed E-state index contributed by atoms with van der Waals surface area (Å²) in [5, 5.41) is 15.8. The summed E-state index contributed by atoms with van der Waals surface area (Å²) in [6.45, 7) is 0.284. The number of rotatable bonds is 7. The van der Waals surface area contributed by atoms with Crippen molar-refractivity contribution in [2.75, 3.05) is 18.4 Å². The molecule has 1 aromatic heterocycles. The van der Waals surface area contributed by atoms with Crippen molar-refractivity contribution in [2.24, 2.45) is 5.92 Å². The van der Waals surface area contributed by atoms with E-state index in [9.17, 15) is 19.7 Å². The van der Waals surface area contributed by atoms with Gasteiger partial charge in [0.25, 0.3) is 11.6 Å². The fourth-order valence-electron chi connectivity index (χ4n) is 2.42. The number of carbonyl (C=O) groups is 2. The van der Waals surface area contributed by atoms with Gasteiger partial charge in [0.05, 0.1) is 4.92 Å². The Labute approximate surface area is 157 Å². The Morgan fingerprint density at radius 1 is 1.42 bits per heavy atom. The monoisotopic (exact) mass is 394 g/mol. The SMILES string of the molecule is O=C(CN(CC1CC1)C(=O)c1ccc(Cl)c([N+](=O)[O-])c1)Nc1nccs1. The third-order valence-electron chi connectivity index (χ3n) is 3.87. The van der Waals surface area contributed by atoms with Crippen LogP contribution in [0.5, 0.6) is 0 Å². The summed E-state index contributed by atoms with van der Waals surface area (Å²) in [6.07, 6.45) is 3.57. The predicted octanol–water partition coefficient (Wildman–Crippen LogP) is 3.20. The lowest BCUT2D eigenvalue weighted by atomic mass is 10.1. The Morgan fingerprint density at radius 2 is 2.19 bits per heavy atom. The van der Waals surface area contributed by atoms with Crippen LogP contribution in [0.1, 0.15) is 23.2 Å². The lowest BCUT2D eigenvalue weighted by molar-refractivity contribution is -0.384. The van der Waals surface area contributed by atoms with Crippen molar-refractivity contribution in [3.05, 3.63) is 50.5 Å². The highest BCUT2D eigenvalue weighted by Crippen LogP contribution is 2.31. The molecular formula is C16H15ClN4O4S. The summed E-state index contributed by atoms with van der Waals surface area (Å²) < 4.78 is 0. The number of anilines is 1. The number of thiazole rings is 1. The molecule has 0 unspecified atom stereocenters. The topological polar surface area (TPSA) is 105 Å². The molecule has 0 aliphatic heterocycles. The zero-order chi connectivity index (χ0) is 18.7. The van der Waals surface area contributed by atoms with Gasteiger partial charge in [0.2, 0.25) is 5.91 Å². The molecule has 0 atom stereocenters. The summed E-state index contributed by atoms with van der Waals surface area (Å²) in [5.74, 6) is -0.447. The molecule has 1 aromatic carbocycles. The molecule has 0 spiro atoms. The van der Waals surface area contributed by atoms with Gasteiger partial charge in [-0.1, -0.05) is 11.6 Å². The molecular weight excluding hydrogens is 380 g/mol. The molecule has 1 heterocycles. The van der Waals surface area contributed by atoms with Gasteiger partial charge in [-0.3, -0.25) is 19.7 Å². The second-order valence-corrected chi connectivity index (χ2v) is 7.24. The van der Waals surface area contributed by atoms with Crippen LogP contribution in [0.25, 0.3) is 0 Å². The van der Waals surface area contributed by atoms with Crippen LogP contribution >= 0.6 is 22.9 Å². The number of nitrogens with zero attached hydrogens (tertiary/aromatic N) is 3. The highest BCUT2D eigenvalue weighted by molar-refractivity contribution is 7.13. The van der Waals surface area contributed by atoms with E-state index in [0.29, 0.717) is 17.6 Å². The molecule has 3 rings (SSSR count). The molecule has 2 aromatic rings. The quantitative estimate of drug-likeness (QED) is 0.573. The van der Waals surface area contributed by atoms with E-state index in [2.05, 4.69) is 10.3 Å². The van der Waals surface area contributed by atoms with Crippen LogP contribution in [0.4, 0.5) is 10.8 Å². The van der Waals surface area contributed by atoms with Crippen molar-refractivity contribution in [3.8, 4) is 0 Å². The van der Waals surface area contributed by atoms with Gasteiger partial charge < -0.3 is 10.2 Å². The van der Waals surface area contributed by atoms with Gasteiger partial charge in [-0.05, 0) is 30.9 Å². The molecule has 2 amide bonds. The Morgan fingerprint density at radius 3 is 2.81 bits per heavy atom. The summed E-state index contributed by atoms with van der Waals surface area (Å²) in [7, 11) is 0. The van der Waals surface area contributed by atoms with Crippen LogP contribution in [0, 0.1) is 16.0 Å². The van der Waals surface area contributed by atoms with Gasteiger partial charge >= 0.3 is 0 Å². The number of benzene rings is 1. The van der Waals surface area contributed by atoms with E-state index in [1.807, 2.05) is 0 Å². The minimum absolute atomic E-state index is 0.0400. The number of nitro groups is 1. The Bertz CT molecular complexity index is 839. The van der Waals surface area contributed by atoms with Crippen LogP contribution in [0.15, 0.2) is 29.8 Å². The van der Waals surface area contributed by atoms with Crippen molar-refractivity contribution < 1.29 is 14.5 Å². The highest BCUT2D eigenvalue weighted by atomic mass is 35.5. The average Bonchev–Trinajstić information content (AvgIpc) is 3.27. The van der Waals surface area contributed by atoms with Crippen LogP contribution in [0.3, 0.4) is 0 Å². The first-order valence-corrected chi connectivity index (χ1v) is 9.12. The minimum atomic E-state index is -0.639. The highest BCUT2D eigenvalue weighted by Gasteiger charge is 2.29. The van der Waals surface area contributed by atoms with Gasteiger partial charge in [0.15, 0.2) is 5.13 Å². The number of nitro benzene ring substituents is 1. The lowest BCUT2D eigenvalue weighted by Gasteiger charge is -2.22. The number of carbonyl (C=O) groups excluding carboxylic acids is 2. The van der Waals surface area contributed by atoms with Gasteiger partial charge in [-0.15, -0.1) is 11.3 Å². The Hall–Kier alpha value is -2.52. The summed E-state index contributed by atoms with van der Waals surface area (Å²) in [6, 6.07) is 3.89. The third-order valence-corrected chi connectivity index (χ3v) is 4.87. The molecule has 0 bridgehead atoms. The number of aromatic nitrogens is 1. The van der Waals surface area contributed by atoms with Crippen LogP contribution < -0.4 is 5.32 Å². The normalized spacial score (nSPS) is 13.3. The van der Waals surface area contributed by atoms with Crippen molar-refractivity contribution in [1.82, 2.24) is 9.88 Å². The predicted molar refractivity (Wildman–Crippen MR) is 97.5 cm³/mol. The second-order valence-electron chi connectivity index (χ2n) is 5.94. The average molecular weight is 395 g/mol. The van der Waals surface area contributed by atoms with Crippen LogP contribution in [-0.4, -0.2) is 39.7 Å². The standard InChI is InChI=1S/C16H15ClN4O4S/c17-12-4-3-11(7-13(12)21(24)25)15(23)20(8-10-1-2-10)9-14(22)19-16-18-5-6-26-16/h3-7,10H,1-2,8-9H2,(H,18,19,22). The largest absolute Gasteiger partial charge is 0.329 e. The van der Waals surface area contributed by atoms with Gasteiger partial charge in [-0.25, -0.2) is 4.98 Å². The first-order chi connectivity index (χ1) is 12.4. The van der Waals surface area contributed by atoms with Gasteiger partial charge in [0.1, 0.15) is 11.6 Å². The van der Waals surface area contributed by atoms with Crippen molar-refractivity contribution in [3.63, 3.8) is 0 Å². The third kappa shape index (κ3) is 4.55. The number of hydrogen-bond acceptors (Lipinski definition) is 6. The smallest absolute Gasteiger partial charge is 0.288 e. The van der Waals surface area contributed by atoms with Gasteiger partial charge in [0, 0.05) is 29.8 Å². The summed E-state index contributed by atoms with van der Waals surface area (Å²) in [5.41, 5.74) is -0.208. The maximum atomic E-state index is 12.8. The number of halogens is 1. The minimum Gasteiger partial charge on any atom is -0.329 e. The lowest BCUT2D eigenvalue weighted by Crippen LogP contribution is -2.39. The molecule has 136 valence electrons. The molecule has 1 aliphatic rings. The van der Waals surface area contributed by atoms with E-state index < -0.39 is 10.8 Å². The van der Waals surface area contributed by atoms with Gasteiger partial charge in [-0.2, -0.15) is 0 Å². The van der Waals surface area contributed by atoms with E-state index in [0.717, 1.165) is 18.9 Å². The Kier molecular flexibility index (Phi) is 5.48. The molecule has 1 aliphatic carbocycles. The molecule has 1 N–H and O–H groups in total. The summed E-state index contributed by atoms with van der Waals surface area (Å²) >= 11 is 7.08. The molecule has 1 fully saturated rings. The van der Waals surface area contributed by atoms with E-state index in [4.69, 9.17) is 11.6 Å². The van der Waals surface area contributed by atoms with E-state index in [-0.39, 0.29) is 28.7 Å². The molecule has 0 radical (unpaired) electrons. The maximum Gasteiger partial charge on any atom is 0.288 e. The molecule has 10 heteroatoms. The fraction of sp³-hybridized carbons (Fsp3) is 0.312. The molecule has 1 saturated carbocycles. The zero-order valence-corrected chi connectivity index (χ0v) is 15.1. The van der Waals surface area contributed by atoms with E-state index in [1.165, 1.54) is 28.4 Å². The molecule has 8 nitrogen and oxygen atoms in total. The first-order valence-electron chi connectivity index (χ1n) is 7.86. The van der Waals surface area contributed by atoms with Crippen molar-refractivity contribution in [1.29, 1.82) is 0 Å². The van der Waals surface area contributed by atoms with E-state index in [1.54, 1.807) is 11.6 Å². The van der Waals surface area contributed by atoms with E-state index >= 15 is 0 Å². The summed E-state index contributed by atoms with van der Waals surface area (Å²) in [4.78, 5) is 40.8. The fourth-order valence-corrected chi connectivity index (χ4v) is 3.15. The maximum absolute atomic E-state index is 12.8. The number of amides is 2. The molecule has 0 saturated heterocycles.